The zero-order chi connectivity index (χ0) is 15.3. The lowest BCUT2D eigenvalue weighted by atomic mass is 10.0. The van der Waals surface area contributed by atoms with E-state index >= 15 is 0 Å². The van der Waals surface area contributed by atoms with Gasteiger partial charge in [0.05, 0.1) is 5.75 Å². The summed E-state index contributed by atoms with van der Waals surface area (Å²) >= 11 is 0. The minimum absolute atomic E-state index is 0.0561. The quantitative estimate of drug-likeness (QED) is 0.860. The maximum atomic E-state index is 10.9. The second kappa shape index (κ2) is 6.85. The van der Waals surface area contributed by atoms with E-state index in [1.54, 1.807) is 0 Å². The molecule has 1 atom stereocenters. The molecule has 0 aliphatic carbocycles. The molecule has 0 aliphatic rings. The van der Waals surface area contributed by atoms with Crippen molar-refractivity contribution < 1.29 is 8.42 Å². The van der Waals surface area contributed by atoms with E-state index in [1.807, 2.05) is 25.1 Å². The summed E-state index contributed by atoms with van der Waals surface area (Å²) in [6, 6.07) is 18.5. The predicted octanol–water partition coefficient (Wildman–Crippen LogP) is 2.29. The smallest absolute Gasteiger partial charge is 0.210 e. The van der Waals surface area contributed by atoms with Crippen molar-refractivity contribution in [3.63, 3.8) is 0 Å². The molecule has 0 radical (unpaired) electrons. The summed E-state index contributed by atoms with van der Waals surface area (Å²) in [6.45, 7) is 2.35. The van der Waals surface area contributed by atoms with E-state index in [0.29, 0.717) is 6.54 Å². The van der Waals surface area contributed by atoms with Gasteiger partial charge in [-0.15, -0.1) is 0 Å². The third kappa shape index (κ3) is 4.97. The summed E-state index contributed by atoms with van der Waals surface area (Å²) in [5.74, 6) is -0.0561. The lowest BCUT2D eigenvalue weighted by molar-refractivity contribution is 0.573. The van der Waals surface area contributed by atoms with E-state index in [1.165, 1.54) is 5.56 Å². The van der Waals surface area contributed by atoms with Gasteiger partial charge >= 0.3 is 0 Å². The minimum Gasteiger partial charge on any atom is -0.309 e. The second-order valence-electron chi connectivity index (χ2n) is 5.03. The normalized spacial score (nSPS) is 13.0. The van der Waals surface area contributed by atoms with Gasteiger partial charge in [-0.2, -0.15) is 0 Å². The number of hydrogen-bond donors (Lipinski definition) is 2. The average molecular weight is 304 g/mol. The first-order valence-electron chi connectivity index (χ1n) is 6.85. The van der Waals surface area contributed by atoms with Gasteiger partial charge in [-0.3, -0.25) is 0 Å². The van der Waals surface area contributed by atoms with Crippen LogP contribution in [0.4, 0.5) is 0 Å². The Morgan fingerprint density at radius 2 is 1.57 bits per heavy atom. The van der Waals surface area contributed by atoms with E-state index in [-0.39, 0.29) is 11.8 Å². The van der Waals surface area contributed by atoms with E-state index in [9.17, 15) is 8.42 Å². The topological polar surface area (TPSA) is 72.2 Å². The molecule has 0 aliphatic heterocycles. The fourth-order valence-electron chi connectivity index (χ4n) is 2.13. The Morgan fingerprint density at radius 3 is 2.14 bits per heavy atom. The second-order valence-corrected chi connectivity index (χ2v) is 6.76. The first kappa shape index (κ1) is 15.7. The van der Waals surface area contributed by atoms with Gasteiger partial charge in [-0.05, 0) is 23.6 Å². The van der Waals surface area contributed by atoms with Gasteiger partial charge in [-0.1, -0.05) is 54.6 Å². The summed E-state index contributed by atoms with van der Waals surface area (Å²) in [7, 11) is -3.41. The molecule has 0 spiro atoms. The van der Waals surface area contributed by atoms with Crippen LogP contribution in [-0.4, -0.2) is 20.7 Å². The molecule has 0 amide bonds. The first-order chi connectivity index (χ1) is 9.96. The molecule has 5 heteroatoms. The Balaban J connectivity index is 1.99. The molecule has 0 heterocycles. The van der Waals surface area contributed by atoms with Gasteiger partial charge < -0.3 is 5.32 Å². The highest BCUT2D eigenvalue weighted by Crippen LogP contribution is 2.21. The van der Waals surface area contributed by atoms with Crippen LogP contribution in [0.5, 0.6) is 0 Å². The average Bonchev–Trinajstić information content (AvgIpc) is 2.47. The third-order valence-corrected chi connectivity index (χ3v) is 4.13. The molecule has 21 heavy (non-hydrogen) atoms. The lowest BCUT2D eigenvalue weighted by Crippen LogP contribution is -2.28. The maximum Gasteiger partial charge on any atom is 0.210 e. The summed E-state index contributed by atoms with van der Waals surface area (Å²) < 4.78 is 21.8. The zero-order valence-electron chi connectivity index (χ0n) is 12.0. The van der Waals surface area contributed by atoms with Gasteiger partial charge in [0, 0.05) is 12.6 Å². The molecule has 4 nitrogen and oxygen atoms in total. The molecule has 112 valence electrons. The number of primary sulfonamides is 1. The molecular formula is C16H20N2O2S. The Bertz CT molecular complexity index is 667. The van der Waals surface area contributed by atoms with Crippen molar-refractivity contribution in [2.24, 2.45) is 5.14 Å². The molecule has 0 saturated heterocycles. The number of sulfonamides is 1. The molecule has 2 aromatic rings. The van der Waals surface area contributed by atoms with E-state index in [0.717, 1.165) is 11.1 Å². The number of nitrogens with two attached hydrogens (primary N) is 1. The molecule has 1 unspecified atom stereocenters. The molecule has 0 fully saturated rings. The molecule has 0 saturated carbocycles. The van der Waals surface area contributed by atoms with Crippen LogP contribution in [0, 0.1) is 0 Å². The van der Waals surface area contributed by atoms with E-state index in [4.69, 9.17) is 5.14 Å². The van der Waals surface area contributed by atoms with E-state index in [2.05, 4.69) is 41.7 Å². The van der Waals surface area contributed by atoms with Crippen molar-refractivity contribution in [1.82, 2.24) is 5.32 Å². The summed E-state index contributed by atoms with van der Waals surface area (Å²) in [4.78, 5) is 0. The predicted molar refractivity (Wildman–Crippen MR) is 86.3 cm³/mol. The standard InChI is InChI=1S/C16H20N2O2S/c1-13(18-11-12-21(17,19)20)14-7-9-16(10-8-14)15-5-3-2-4-6-15/h2-10,13,18H,11-12H2,1H3,(H2,17,19,20). The van der Waals surface area contributed by atoms with Gasteiger partial charge in [-0.25, -0.2) is 13.6 Å². The van der Waals surface area contributed by atoms with Crippen molar-refractivity contribution in [2.45, 2.75) is 13.0 Å². The molecule has 3 N–H and O–H groups in total. The lowest BCUT2D eigenvalue weighted by Gasteiger charge is -2.14. The van der Waals surface area contributed by atoms with Crippen LogP contribution in [0.25, 0.3) is 11.1 Å². The maximum absolute atomic E-state index is 10.9. The Labute approximate surface area is 126 Å². The van der Waals surface area contributed by atoms with Crippen LogP contribution < -0.4 is 10.5 Å². The van der Waals surface area contributed by atoms with Crippen molar-refractivity contribution in [3.05, 3.63) is 60.2 Å². The van der Waals surface area contributed by atoms with Gasteiger partial charge in [0.1, 0.15) is 0 Å². The van der Waals surface area contributed by atoms with Gasteiger partial charge in [0.2, 0.25) is 10.0 Å². The fourth-order valence-corrected chi connectivity index (χ4v) is 2.53. The fraction of sp³-hybridized carbons (Fsp3) is 0.250. The molecule has 0 aromatic heterocycles. The highest BCUT2D eigenvalue weighted by Gasteiger charge is 2.07. The van der Waals surface area contributed by atoms with Gasteiger partial charge in [0.15, 0.2) is 0 Å². The van der Waals surface area contributed by atoms with Crippen LogP contribution in [-0.2, 0) is 10.0 Å². The number of nitrogens with one attached hydrogen (secondary N) is 1. The van der Waals surface area contributed by atoms with Crippen LogP contribution in [0.3, 0.4) is 0 Å². The summed E-state index contributed by atoms with van der Waals surface area (Å²) in [5.41, 5.74) is 3.46. The highest BCUT2D eigenvalue weighted by molar-refractivity contribution is 7.89. The van der Waals surface area contributed by atoms with Crippen molar-refractivity contribution in [2.75, 3.05) is 12.3 Å². The third-order valence-electron chi connectivity index (χ3n) is 3.35. The van der Waals surface area contributed by atoms with Gasteiger partial charge in [0.25, 0.3) is 0 Å². The van der Waals surface area contributed by atoms with Crippen molar-refractivity contribution >= 4 is 10.0 Å². The molecule has 2 aromatic carbocycles. The SMILES string of the molecule is CC(NCCS(N)(=O)=O)c1ccc(-c2ccccc2)cc1. The molecule has 0 bridgehead atoms. The van der Waals surface area contributed by atoms with Crippen LogP contribution >= 0.6 is 0 Å². The first-order valence-corrected chi connectivity index (χ1v) is 8.56. The number of rotatable bonds is 6. The monoisotopic (exact) mass is 304 g/mol. The van der Waals surface area contributed by atoms with Crippen molar-refractivity contribution in [3.8, 4) is 11.1 Å². The number of hydrogen-bond acceptors (Lipinski definition) is 3. The highest BCUT2D eigenvalue weighted by atomic mass is 32.2. The van der Waals surface area contributed by atoms with Crippen LogP contribution in [0.15, 0.2) is 54.6 Å². The van der Waals surface area contributed by atoms with Crippen LogP contribution in [0.1, 0.15) is 18.5 Å². The molecule has 2 rings (SSSR count). The Hall–Kier alpha value is -1.69. The Kier molecular flexibility index (Phi) is 5.12. The van der Waals surface area contributed by atoms with Crippen molar-refractivity contribution in [1.29, 1.82) is 0 Å². The van der Waals surface area contributed by atoms with E-state index < -0.39 is 10.0 Å². The largest absolute Gasteiger partial charge is 0.309 e. The summed E-state index contributed by atoms with van der Waals surface area (Å²) in [5, 5.41) is 8.13. The number of benzene rings is 2. The molecular weight excluding hydrogens is 284 g/mol. The minimum atomic E-state index is -3.41. The summed E-state index contributed by atoms with van der Waals surface area (Å²) in [6.07, 6.45) is 0. The zero-order valence-corrected chi connectivity index (χ0v) is 12.8. The van der Waals surface area contributed by atoms with Crippen LogP contribution in [0.2, 0.25) is 0 Å². The Morgan fingerprint density at radius 1 is 1.00 bits per heavy atom.